The molecule has 3 heterocycles. The van der Waals surface area contributed by atoms with E-state index in [1.807, 2.05) is 30.3 Å². The fraction of sp³-hybridized carbons (Fsp3) is 0.381. The molecule has 146 valence electrons. The van der Waals surface area contributed by atoms with Crippen LogP contribution in [0.2, 0.25) is 5.02 Å². The second kappa shape index (κ2) is 8.39. The summed E-state index contributed by atoms with van der Waals surface area (Å²) in [6.07, 6.45) is 5.44. The lowest BCUT2D eigenvalue weighted by Crippen LogP contribution is -2.41. The van der Waals surface area contributed by atoms with Crippen molar-refractivity contribution in [1.82, 2.24) is 25.1 Å². The highest BCUT2D eigenvalue weighted by Gasteiger charge is 2.29. The van der Waals surface area contributed by atoms with E-state index in [1.165, 1.54) is 0 Å². The number of H-pyrrole nitrogens is 1. The van der Waals surface area contributed by atoms with Gasteiger partial charge in [0.25, 0.3) is 0 Å². The minimum Gasteiger partial charge on any atom is -0.444 e. The van der Waals surface area contributed by atoms with Gasteiger partial charge in [0.1, 0.15) is 12.0 Å². The lowest BCUT2D eigenvalue weighted by molar-refractivity contribution is 0.108. The molecular formula is C21H25ClN5O+. The van der Waals surface area contributed by atoms with Crippen LogP contribution in [-0.2, 0) is 0 Å². The first-order chi connectivity index (χ1) is 13.7. The van der Waals surface area contributed by atoms with Gasteiger partial charge < -0.3 is 5.11 Å². The molecule has 1 saturated heterocycles. The third kappa shape index (κ3) is 3.81. The van der Waals surface area contributed by atoms with Gasteiger partial charge in [-0.05, 0) is 51.1 Å². The Hall–Kier alpha value is -2.28. The van der Waals surface area contributed by atoms with Crippen molar-refractivity contribution < 1.29 is 5.11 Å². The number of piperidine rings is 1. The van der Waals surface area contributed by atoms with Crippen molar-refractivity contribution in [3.8, 4) is 22.5 Å². The van der Waals surface area contributed by atoms with Gasteiger partial charge in [-0.15, -0.1) is 0 Å². The molecule has 0 spiro atoms. The maximum atomic E-state index is 7.64. The summed E-state index contributed by atoms with van der Waals surface area (Å²) in [5, 5.41) is 16.3. The van der Waals surface area contributed by atoms with Crippen LogP contribution >= 0.6 is 11.6 Å². The molecule has 0 saturated carbocycles. The zero-order valence-electron chi connectivity index (χ0n) is 15.9. The normalized spacial score (nSPS) is 17.0. The Balaban J connectivity index is 1.69. The Kier molecular flexibility index (Phi) is 5.71. The molecule has 3 aromatic rings. The number of hydrogen-bond donors (Lipinski definition) is 1. The van der Waals surface area contributed by atoms with Crippen molar-refractivity contribution >= 4 is 11.6 Å². The largest absolute Gasteiger partial charge is 0.444 e. The van der Waals surface area contributed by atoms with Crippen LogP contribution in [0.5, 0.6) is 0 Å². The van der Waals surface area contributed by atoms with Crippen LogP contribution in [-0.4, -0.2) is 55.9 Å². The van der Waals surface area contributed by atoms with Crippen LogP contribution < -0.4 is 0 Å². The molecule has 6 nitrogen and oxygen atoms in total. The van der Waals surface area contributed by atoms with Crippen molar-refractivity contribution in [3.63, 3.8) is 0 Å². The van der Waals surface area contributed by atoms with Gasteiger partial charge in [-0.2, -0.15) is 5.10 Å². The van der Waals surface area contributed by atoms with Crippen LogP contribution in [0.3, 0.4) is 0 Å². The highest BCUT2D eigenvalue weighted by atomic mass is 35.5. The minimum absolute atomic E-state index is 0.314. The van der Waals surface area contributed by atoms with Gasteiger partial charge in [0, 0.05) is 34.0 Å². The summed E-state index contributed by atoms with van der Waals surface area (Å²) in [5.74, 6) is 0.396. The molecular weight excluding hydrogens is 374 g/mol. The summed E-state index contributed by atoms with van der Waals surface area (Å²) >= 11 is 6.07. The second-order valence-corrected chi connectivity index (χ2v) is 7.76. The molecule has 0 aliphatic carbocycles. The molecule has 1 aliphatic rings. The molecule has 1 fully saturated rings. The Morgan fingerprint density at radius 2 is 1.96 bits per heavy atom. The Bertz CT molecular complexity index is 904. The SMILES string of the molecule is CC(C[OH2+])N1CCC(c2[nH]nc(-c3ccc(Cl)cc3)c2-c2ccncn2)CC1. The quantitative estimate of drug-likeness (QED) is 0.667. The van der Waals surface area contributed by atoms with Crippen LogP contribution in [0, 0.1) is 0 Å². The summed E-state index contributed by atoms with van der Waals surface area (Å²) < 4.78 is 0. The predicted octanol–water partition coefficient (Wildman–Crippen LogP) is 3.48. The fourth-order valence-corrected chi connectivity index (χ4v) is 4.05. The topological polar surface area (TPSA) is 80.6 Å². The number of rotatable bonds is 5. The summed E-state index contributed by atoms with van der Waals surface area (Å²) in [6.45, 7) is 4.59. The first kappa shape index (κ1) is 19.1. The highest BCUT2D eigenvalue weighted by Crippen LogP contribution is 2.39. The highest BCUT2D eigenvalue weighted by molar-refractivity contribution is 6.30. The summed E-state index contributed by atoms with van der Waals surface area (Å²) in [6, 6.07) is 10.0. The number of aromatic nitrogens is 4. The van der Waals surface area contributed by atoms with Gasteiger partial charge in [0.2, 0.25) is 0 Å². The smallest absolute Gasteiger partial charge is 0.159 e. The number of nitrogens with one attached hydrogen (secondary N) is 1. The van der Waals surface area contributed by atoms with E-state index in [0.717, 1.165) is 54.1 Å². The molecule has 1 aliphatic heterocycles. The van der Waals surface area contributed by atoms with E-state index < -0.39 is 0 Å². The van der Waals surface area contributed by atoms with E-state index in [4.69, 9.17) is 16.7 Å². The van der Waals surface area contributed by atoms with Crippen molar-refractivity contribution in [2.45, 2.75) is 31.7 Å². The maximum absolute atomic E-state index is 7.64. The Morgan fingerprint density at radius 1 is 1.21 bits per heavy atom. The molecule has 0 amide bonds. The number of likely N-dealkylation sites (tertiary alicyclic amines) is 1. The van der Waals surface area contributed by atoms with Crippen LogP contribution in [0.4, 0.5) is 0 Å². The van der Waals surface area contributed by atoms with Crippen molar-refractivity contribution in [3.05, 3.63) is 53.6 Å². The van der Waals surface area contributed by atoms with Gasteiger partial charge in [-0.3, -0.25) is 10.00 Å². The molecule has 2 aromatic heterocycles. The standard InChI is InChI=1S/C21H24ClN5O/c1-14(12-28)27-10-7-16(8-11-27)21-19(18-6-9-23-13-24-18)20(25-26-21)15-2-4-17(22)5-3-15/h2-6,9,13-14,16,28H,7-8,10-12H2,1H3,(H,25,26)/p+1. The van der Waals surface area contributed by atoms with E-state index >= 15 is 0 Å². The number of halogens is 1. The van der Waals surface area contributed by atoms with Crippen molar-refractivity contribution in [2.24, 2.45) is 0 Å². The number of benzene rings is 1. The predicted molar refractivity (Wildman–Crippen MR) is 112 cm³/mol. The Morgan fingerprint density at radius 3 is 2.61 bits per heavy atom. The lowest BCUT2D eigenvalue weighted by Gasteiger charge is -2.34. The van der Waals surface area contributed by atoms with E-state index in [-0.39, 0.29) is 0 Å². The zero-order chi connectivity index (χ0) is 19.5. The molecule has 0 radical (unpaired) electrons. The van der Waals surface area contributed by atoms with E-state index in [0.29, 0.717) is 23.6 Å². The first-order valence-electron chi connectivity index (χ1n) is 9.66. The lowest BCUT2D eigenvalue weighted by atomic mass is 9.88. The van der Waals surface area contributed by atoms with Crippen molar-refractivity contribution in [1.29, 1.82) is 0 Å². The summed E-state index contributed by atoms with van der Waals surface area (Å²) in [7, 11) is 0. The third-order valence-corrected chi connectivity index (χ3v) is 5.86. The Labute approximate surface area is 169 Å². The molecule has 28 heavy (non-hydrogen) atoms. The van der Waals surface area contributed by atoms with Gasteiger partial charge in [0.15, 0.2) is 6.61 Å². The molecule has 3 N–H and O–H groups in total. The average Bonchev–Trinajstić information content (AvgIpc) is 3.19. The molecule has 1 aromatic carbocycles. The van der Waals surface area contributed by atoms with E-state index in [1.54, 1.807) is 12.5 Å². The molecule has 1 unspecified atom stereocenters. The number of aromatic amines is 1. The third-order valence-electron chi connectivity index (χ3n) is 5.61. The summed E-state index contributed by atoms with van der Waals surface area (Å²) in [4.78, 5) is 11.0. The van der Waals surface area contributed by atoms with Gasteiger partial charge in [-0.1, -0.05) is 23.7 Å². The molecule has 0 bridgehead atoms. The van der Waals surface area contributed by atoms with Crippen LogP contribution in [0.25, 0.3) is 22.5 Å². The maximum Gasteiger partial charge on any atom is 0.159 e. The van der Waals surface area contributed by atoms with E-state index in [2.05, 4.69) is 32.0 Å². The summed E-state index contributed by atoms with van der Waals surface area (Å²) in [5.41, 5.74) is 4.98. The van der Waals surface area contributed by atoms with Gasteiger partial charge in [-0.25, -0.2) is 9.97 Å². The van der Waals surface area contributed by atoms with Crippen LogP contribution in [0.1, 0.15) is 31.4 Å². The monoisotopic (exact) mass is 398 g/mol. The number of hydrogen-bond acceptors (Lipinski definition) is 4. The molecule has 7 heteroatoms. The minimum atomic E-state index is 0.314. The number of nitrogens with zero attached hydrogens (tertiary/aromatic N) is 4. The first-order valence-corrected chi connectivity index (χ1v) is 10.0. The van der Waals surface area contributed by atoms with Gasteiger partial charge >= 0.3 is 0 Å². The second-order valence-electron chi connectivity index (χ2n) is 7.33. The average molecular weight is 399 g/mol. The van der Waals surface area contributed by atoms with Gasteiger partial charge in [0.05, 0.1) is 11.7 Å². The van der Waals surface area contributed by atoms with Crippen molar-refractivity contribution in [2.75, 3.05) is 19.7 Å². The molecule has 1 atom stereocenters. The van der Waals surface area contributed by atoms with Crippen LogP contribution in [0.15, 0.2) is 42.9 Å². The zero-order valence-corrected chi connectivity index (χ0v) is 16.7. The molecule has 4 rings (SSSR count). The van der Waals surface area contributed by atoms with E-state index in [9.17, 15) is 0 Å². The fourth-order valence-electron chi connectivity index (χ4n) is 3.92.